The molecule has 1 aromatic rings. The summed E-state index contributed by atoms with van der Waals surface area (Å²) in [7, 11) is 0. The Bertz CT molecular complexity index is 373. The molecule has 1 heterocycles. The molecule has 0 spiro atoms. The van der Waals surface area contributed by atoms with Gasteiger partial charge >= 0.3 is 0 Å². The molecule has 0 bridgehead atoms. The summed E-state index contributed by atoms with van der Waals surface area (Å²) >= 11 is 1.48. The van der Waals surface area contributed by atoms with Crippen molar-refractivity contribution >= 4 is 11.3 Å². The first-order chi connectivity index (χ1) is 5.15. The number of rotatable bonds is 0. The van der Waals surface area contributed by atoms with E-state index in [2.05, 4.69) is 0 Å². The van der Waals surface area contributed by atoms with Gasteiger partial charge in [0.05, 0.1) is 0 Å². The van der Waals surface area contributed by atoms with Gasteiger partial charge in [-0.2, -0.15) is 5.26 Å². The predicted octanol–water partition coefficient (Wildman–Crippen LogP) is 1.60. The second kappa shape index (κ2) is 2.85. The molecule has 3 heteroatoms. The van der Waals surface area contributed by atoms with Crippen LogP contribution in [0.1, 0.15) is 15.3 Å². The lowest BCUT2D eigenvalue weighted by atomic mass is 10.2. The van der Waals surface area contributed by atoms with Gasteiger partial charge in [0.25, 0.3) is 0 Å². The van der Waals surface area contributed by atoms with Gasteiger partial charge in [-0.1, -0.05) is 0 Å². The van der Waals surface area contributed by atoms with Crippen LogP contribution in [0.2, 0.25) is 0 Å². The molecular formula is C8H7NOS. The monoisotopic (exact) mass is 165 g/mol. The lowest BCUT2D eigenvalue weighted by Crippen LogP contribution is -2.05. The topological polar surface area (TPSA) is 40.9 Å². The summed E-state index contributed by atoms with van der Waals surface area (Å²) in [6, 6.07) is 3.38. The smallest absolute Gasteiger partial charge is 0.198 e. The highest BCUT2D eigenvalue weighted by molar-refractivity contribution is 7.11. The average molecular weight is 165 g/mol. The van der Waals surface area contributed by atoms with Gasteiger partial charge in [0, 0.05) is 9.75 Å². The van der Waals surface area contributed by atoms with E-state index in [0.717, 1.165) is 9.75 Å². The zero-order valence-electron chi connectivity index (χ0n) is 6.34. The molecular weight excluding hydrogens is 158 g/mol. The Hall–Kier alpha value is -1.14. The Labute approximate surface area is 68.7 Å². The molecule has 0 atom stereocenters. The van der Waals surface area contributed by atoms with Gasteiger partial charge in [-0.05, 0) is 19.9 Å². The summed E-state index contributed by atoms with van der Waals surface area (Å²) in [5.74, 6) is 0. The van der Waals surface area contributed by atoms with Crippen LogP contribution in [0.15, 0.2) is 10.9 Å². The Morgan fingerprint density at radius 1 is 1.55 bits per heavy atom. The van der Waals surface area contributed by atoms with Crippen molar-refractivity contribution in [3.63, 3.8) is 0 Å². The van der Waals surface area contributed by atoms with E-state index in [-0.39, 0.29) is 11.0 Å². The third-order valence-electron chi connectivity index (χ3n) is 1.36. The first-order valence-corrected chi connectivity index (χ1v) is 3.98. The van der Waals surface area contributed by atoms with Crippen LogP contribution in [0.5, 0.6) is 0 Å². The fraction of sp³-hybridized carbons (Fsp3) is 0.250. The summed E-state index contributed by atoms with van der Waals surface area (Å²) in [4.78, 5) is 12.8. The van der Waals surface area contributed by atoms with Crippen LogP contribution < -0.4 is 5.43 Å². The van der Waals surface area contributed by atoms with Gasteiger partial charge in [0.2, 0.25) is 0 Å². The normalized spacial score (nSPS) is 9.18. The van der Waals surface area contributed by atoms with Crippen molar-refractivity contribution < 1.29 is 0 Å². The van der Waals surface area contributed by atoms with Crippen molar-refractivity contribution in [1.29, 1.82) is 5.26 Å². The van der Waals surface area contributed by atoms with E-state index in [4.69, 9.17) is 5.26 Å². The van der Waals surface area contributed by atoms with E-state index in [9.17, 15) is 4.79 Å². The summed E-state index contributed by atoms with van der Waals surface area (Å²) in [6.07, 6.45) is 0. The minimum absolute atomic E-state index is 0.166. The molecule has 1 aromatic heterocycles. The van der Waals surface area contributed by atoms with Crippen LogP contribution in [-0.2, 0) is 0 Å². The standard InChI is InChI=1S/C8H7NOS/c1-5-3-8(10)7(4-9)6(2)11-5/h3H,1-2H3. The fourth-order valence-corrected chi connectivity index (χ4v) is 1.78. The van der Waals surface area contributed by atoms with Crippen molar-refractivity contribution in [1.82, 2.24) is 0 Å². The van der Waals surface area contributed by atoms with E-state index in [1.165, 1.54) is 17.4 Å². The van der Waals surface area contributed by atoms with Crippen LogP contribution in [0.4, 0.5) is 0 Å². The van der Waals surface area contributed by atoms with Crippen molar-refractivity contribution in [2.45, 2.75) is 13.8 Å². The van der Waals surface area contributed by atoms with Crippen LogP contribution in [-0.4, -0.2) is 0 Å². The SMILES string of the molecule is Cc1cc(=O)c(C#N)c(C)s1. The lowest BCUT2D eigenvalue weighted by molar-refractivity contribution is 1.40. The maximum Gasteiger partial charge on any atom is 0.198 e. The summed E-state index contributed by atoms with van der Waals surface area (Å²) < 4.78 is 0. The highest BCUT2D eigenvalue weighted by Crippen LogP contribution is 2.11. The van der Waals surface area contributed by atoms with E-state index in [1.54, 1.807) is 6.92 Å². The number of nitriles is 1. The summed E-state index contributed by atoms with van der Waals surface area (Å²) in [5.41, 5.74) is 0.113. The Balaban J connectivity index is 3.53. The van der Waals surface area contributed by atoms with Crippen molar-refractivity contribution in [3.05, 3.63) is 31.6 Å². The van der Waals surface area contributed by atoms with Crippen LogP contribution in [0.3, 0.4) is 0 Å². The van der Waals surface area contributed by atoms with E-state index in [1.807, 2.05) is 13.0 Å². The number of hydrogen-bond donors (Lipinski definition) is 0. The molecule has 0 aliphatic rings. The molecule has 0 saturated heterocycles. The van der Waals surface area contributed by atoms with E-state index >= 15 is 0 Å². The van der Waals surface area contributed by atoms with Crippen molar-refractivity contribution in [2.75, 3.05) is 0 Å². The molecule has 0 unspecified atom stereocenters. The van der Waals surface area contributed by atoms with Gasteiger partial charge in [-0.3, -0.25) is 4.79 Å². The Kier molecular flexibility index (Phi) is 2.06. The highest BCUT2D eigenvalue weighted by atomic mass is 32.1. The van der Waals surface area contributed by atoms with E-state index in [0.29, 0.717) is 0 Å². The van der Waals surface area contributed by atoms with E-state index < -0.39 is 0 Å². The highest BCUT2D eigenvalue weighted by Gasteiger charge is 2.02. The number of nitrogens with zero attached hydrogens (tertiary/aromatic N) is 1. The summed E-state index contributed by atoms with van der Waals surface area (Å²) in [5, 5.41) is 8.55. The molecule has 2 nitrogen and oxygen atoms in total. The molecule has 0 radical (unpaired) electrons. The number of hydrogen-bond acceptors (Lipinski definition) is 3. The second-order valence-corrected chi connectivity index (χ2v) is 3.72. The third-order valence-corrected chi connectivity index (χ3v) is 2.31. The second-order valence-electron chi connectivity index (χ2n) is 2.26. The van der Waals surface area contributed by atoms with Gasteiger partial charge < -0.3 is 0 Å². The molecule has 56 valence electrons. The first-order valence-electron chi connectivity index (χ1n) is 3.16. The Morgan fingerprint density at radius 2 is 2.18 bits per heavy atom. The van der Waals surface area contributed by atoms with Gasteiger partial charge in [0.15, 0.2) is 5.43 Å². The lowest BCUT2D eigenvalue weighted by Gasteiger charge is -1.94. The van der Waals surface area contributed by atoms with Gasteiger partial charge in [-0.15, -0.1) is 11.3 Å². The quantitative estimate of drug-likeness (QED) is 0.585. The van der Waals surface area contributed by atoms with Crippen LogP contribution >= 0.6 is 11.3 Å². The van der Waals surface area contributed by atoms with Crippen molar-refractivity contribution in [3.8, 4) is 6.07 Å². The molecule has 0 saturated carbocycles. The average Bonchev–Trinajstić information content (AvgIpc) is 1.85. The predicted molar refractivity (Wildman–Crippen MR) is 44.8 cm³/mol. The molecule has 0 fully saturated rings. The maximum atomic E-state index is 11.1. The number of aryl methyl sites for hydroxylation is 2. The third kappa shape index (κ3) is 1.47. The zero-order chi connectivity index (χ0) is 8.43. The molecule has 11 heavy (non-hydrogen) atoms. The van der Waals surface area contributed by atoms with Gasteiger partial charge in [-0.25, -0.2) is 0 Å². The minimum Gasteiger partial charge on any atom is -0.288 e. The first kappa shape index (κ1) is 7.96. The van der Waals surface area contributed by atoms with Crippen molar-refractivity contribution in [2.24, 2.45) is 0 Å². The Morgan fingerprint density at radius 3 is 2.64 bits per heavy atom. The maximum absolute atomic E-state index is 11.1. The molecule has 1 rings (SSSR count). The van der Waals surface area contributed by atoms with Crippen LogP contribution in [0.25, 0.3) is 0 Å². The van der Waals surface area contributed by atoms with Crippen LogP contribution in [0, 0.1) is 25.2 Å². The summed E-state index contributed by atoms with van der Waals surface area (Å²) in [6.45, 7) is 3.65. The van der Waals surface area contributed by atoms with Gasteiger partial charge in [0.1, 0.15) is 11.6 Å². The molecule has 0 amide bonds. The largest absolute Gasteiger partial charge is 0.288 e. The molecule has 0 aromatic carbocycles. The molecule has 0 aliphatic carbocycles. The fourth-order valence-electron chi connectivity index (χ4n) is 0.886. The molecule has 0 aliphatic heterocycles. The zero-order valence-corrected chi connectivity index (χ0v) is 7.16. The minimum atomic E-state index is -0.166. The molecule has 0 N–H and O–H groups in total.